The van der Waals surface area contributed by atoms with E-state index < -0.39 is 41.4 Å². The summed E-state index contributed by atoms with van der Waals surface area (Å²) >= 11 is 0. The van der Waals surface area contributed by atoms with Crippen LogP contribution in [0.25, 0.3) is 0 Å². The summed E-state index contributed by atoms with van der Waals surface area (Å²) in [5, 5.41) is 10.1. The summed E-state index contributed by atoms with van der Waals surface area (Å²) < 4.78 is 29.7. The number of benzene rings is 2. The van der Waals surface area contributed by atoms with Crippen molar-refractivity contribution in [1.29, 1.82) is 5.26 Å². The smallest absolute Gasteiger partial charge is 0.339 e. The van der Waals surface area contributed by atoms with E-state index in [1.807, 2.05) is 6.07 Å². The molecule has 2 N–H and O–H groups in total. The molecule has 0 aromatic heterocycles. The quantitative estimate of drug-likeness (QED) is 0.649. The first-order valence-electron chi connectivity index (χ1n) is 10.4. The molecular weight excluding hydrogens is 457 g/mol. The molecule has 2 aliphatic heterocycles. The number of nitrogens with two attached hydrogens (primary N) is 1. The fraction of sp³-hybridized carbons (Fsp3) is 0.200. The number of esters is 2. The fourth-order valence-corrected chi connectivity index (χ4v) is 4.48. The van der Waals surface area contributed by atoms with Gasteiger partial charge >= 0.3 is 11.9 Å². The number of nitriles is 1. The summed E-state index contributed by atoms with van der Waals surface area (Å²) in [6.07, 6.45) is -0.551. The second kappa shape index (κ2) is 8.95. The molecule has 0 fully saturated rings. The van der Waals surface area contributed by atoms with Gasteiger partial charge in [-0.2, -0.15) is 5.26 Å². The van der Waals surface area contributed by atoms with Crippen molar-refractivity contribution < 1.29 is 33.0 Å². The van der Waals surface area contributed by atoms with Crippen molar-refractivity contribution in [3.63, 3.8) is 0 Å². The van der Waals surface area contributed by atoms with Gasteiger partial charge in [-0.05, 0) is 12.1 Å². The molecule has 0 bridgehead atoms. The van der Waals surface area contributed by atoms with Crippen LogP contribution in [0.2, 0.25) is 0 Å². The SMILES string of the molecule is COC(=O)CC1=C(C(=O)OC)C2(C(=O)N(Cc3ccccc3F)c3ccccc32)C(C#N)=C(N)O1. The van der Waals surface area contributed by atoms with Gasteiger partial charge in [-0.1, -0.05) is 36.4 Å². The van der Waals surface area contributed by atoms with Gasteiger partial charge in [-0.25, -0.2) is 9.18 Å². The highest BCUT2D eigenvalue weighted by Crippen LogP contribution is 2.54. The van der Waals surface area contributed by atoms with Gasteiger partial charge in [0.25, 0.3) is 0 Å². The number of fused-ring (bicyclic) bond motifs is 2. The number of carbonyl (C=O) groups excluding carboxylic acids is 3. The van der Waals surface area contributed by atoms with E-state index in [2.05, 4.69) is 0 Å². The largest absolute Gasteiger partial charge is 0.469 e. The third kappa shape index (κ3) is 3.49. The van der Waals surface area contributed by atoms with E-state index in [0.717, 1.165) is 14.2 Å². The van der Waals surface area contributed by atoms with E-state index in [1.54, 1.807) is 30.3 Å². The zero-order chi connectivity index (χ0) is 25.3. The molecule has 2 aromatic carbocycles. The molecule has 1 spiro atoms. The third-order valence-electron chi connectivity index (χ3n) is 5.99. The molecular formula is C25H20FN3O6. The number of rotatable bonds is 5. The number of anilines is 1. The Morgan fingerprint density at radius 3 is 2.49 bits per heavy atom. The number of halogens is 1. The average Bonchev–Trinajstić information content (AvgIpc) is 3.08. The summed E-state index contributed by atoms with van der Waals surface area (Å²) in [5.74, 6) is -3.78. The molecule has 9 nitrogen and oxygen atoms in total. The molecule has 0 radical (unpaired) electrons. The van der Waals surface area contributed by atoms with Crippen molar-refractivity contribution in [2.24, 2.45) is 5.73 Å². The van der Waals surface area contributed by atoms with Crippen LogP contribution in [0.15, 0.2) is 71.3 Å². The highest BCUT2D eigenvalue weighted by Gasteiger charge is 2.62. The number of ether oxygens (including phenoxy) is 3. The molecule has 1 atom stereocenters. The van der Waals surface area contributed by atoms with E-state index in [4.69, 9.17) is 19.9 Å². The second-order valence-corrected chi connectivity index (χ2v) is 7.75. The van der Waals surface area contributed by atoms with Crippen LogP contribution in [0.4, 0.5) is 10.1 Å². The van der Waals surface area contributed by atoms with Crippen molar-refractivity contribution in [2.45, 2.75) is 18.4 Å². The van der Waals surface area contributed by atoms with Crippen LogP contribution in [0.1, 0.15) is 17.5 Å². The molecule has 0 saturated carbocycles. The second-order valence-electron chi connectivity index (χ2n) is 7.75. The van der Waals surface area contributed by atoms with Gasteiger partial charge in [0.15, 0.2) is 5.41 Å². The number of para-hydroxylation sites is 1. The van der Waals surface area contributed by atoms with Gasteiger partial charge in [0, 0.05) is 16.8 Å². The third-order valence-corrected chi connectivity index (χ3v) is 5.99. The zero-order valence-corrected chi connectivity index (χ0v) is 18.8. The predicted molar refractivity (Wildman–Crippen MR) is 119 cm³/mol. The lowest BCUT2D eigenvalue weighted by Gasteiger charge is -2.35. The number of hydrogen-bond donors (Lipinski definition) is 1. The first kappa shape index (κ1) is 23.5. The van der Waals surface area contributed by atoms with Gasteiger partial charge in [-0.15, -0.1) is 0 Å². The lowest BCUT2D eigenvalue weighted by Crippen LogP contribution is -2.48. The first-order chi connectivity index (χ1) is 16.8. The molecule has 1 unspecified atom stereocenters. The summed E-state index contributed by atoms with van der Waals surface area (Å²) in [6, 6.07) is 14.3. The number of amides is 1. The molecule has 4 rings (SSSR count). The van der Waals surface area contributed by atoms with Crippen LogP contribution in [0.5, 0.6) is 0 Å². The topological polar surface area (TPSA) is 132 Å². The van der Waals surface area contributed by atoms with E-state index in [1.165, 1.54) is 23.1 Å². The molecule has 2 aromatic rings. The standard InChI is InChI=1S/C25H20FN3O6/c1-33-20(30)11-19-21(23(31)34-2)25(16(12-27)22(28)35-19)15-8-4-6-10-18(15)29(24(25)32)13-14-7-3-5-9-17(14)26/h3-10H,11,13,28H2,1-2H3. The number of nitrogens with zero attached hydrogens (tertiary/aromatic N) is 2. The maximum atomic E-state index is 14.5. The molecule has 0 saturated heterocycles. The normalized spacial score (nSPS) is 18.8. The minimum absolute atomic E-state index is 0.190. The van der Waals surface area contributed by atoms with Crippen molar-refractivity contribution in [1.82, 2.24) is 0 Å². The van der Waals surface area contributed by atoms with Crippen molar-refractivity contribution >= 4 is 23.5 Å². The van der Waals surface area contributed by atoms with Gasteiger partial charge in [0.1, 0.15) is 35.2 Å². The molecule has 2 heterocycles. The Kier molecular flexibility index (Phi) is 6.01. The Bertz CT molecular complexity index is 1360. The van der Waals surface area contributed by atoms with Crippen LogP contribution in [0, 0.1) is 17.1 Å². The highest BCUT2D eigenvalue weighted by atomic mass is 19.1. The average molecular weight is 477 g/mol. The Hall–Kier alpha value is -4.65. The molecule has 2 aliphatic rings. The summed E-state index contributed by atoms with van der Waals surface area (Å²) in [4.78, 5) is 40.8. The van der Waals surface area contributed by atoms with Gasteiger partial charge < -0.3 is 24.8 Å². The minimum Gasteiger partial charge on any atom is -0.469 e. The Balaban J connectivity index is 2.03. The highest BCUT2D eigenvalue weighted by molar-refractivity contribution is 6.18. The molecule has 0 aliphatic carbocycles. The van der Waals surface area contributed by atoms with Crippen LogP contribution in [-0.2, 0) is 40.6 Å². The summed E-state index contributed by atoms with van der Waals surface area (Å²) in [7, 11) is 2.24. The lowest BCUT2D eigenvalue weighted by molar-refractivity contribution is -0.141. The van der Waals surface area contributed by atoms with E-state index in [9.17, 15) is 24.0 Å². The predicted octanol–water partition coefficient (Wildman–Crippen LogP) is 2.32. The zero-order valence-electron chi connectivity index (χ0n) is 18.8. The minimum atomic E-state index is -2.07. The van der Waals surface area contributed by atoms with E-state index in [0.29, 0.717) is 5.69 Å². The molecule has 10 heteroatoms. The van der Waals surface area contributed by atoms with Gasteiger partial charge in [-0.3, -0.25) is 9.59 Å². The number of carbonyl (C=O) groups is 3. The van der Waals surface area contributed by atoms with E-state index in [-0.39, 0.29) is 34.6 Å². The van der Waals surface area contributed by atoms with Crippen LogP contribution >= 0.6 is 0 Å². The molecule has 178 valence electrons. The summed E-state index contributed by atoms with van der Waals surface area (Å²) in [5.41, 5.74) is 4.06. The maximum absolute atomic E-state index is 14.5. The Labute approximate surface area is 199 Å². The lowest BCUT2D eigenvalue weighted by atomic mass is 9.68. The number of hydrogen-bond acceptors (Lipinski definition) is 8. The fourth-order valence-electron chi connectivity index (χ4n) is 4.48. The van der Waals surface area contributed by atoms with Crippen LogP contribution in [0.3, 0.4) is 0 Å². The summed E-state index contributed by atoms with van der Waals surface area (Å²) in [6.45, 7) is -0.190. The number of methoxy groups -OCH3 is 2. The Morgan fingerprint density at radius 1 is 1.14 bits per heavy atom. The van der Waals surface area contributed by atoms with Crippen LogP contribution in [-0.4, -0.2) is 32.1 Å². The molecule has 35 heavy (non-hydrogen) atoms. The molecule has 1 amide bonds. The van der Waals surface area contributed by atoms with Crippen molar-refractivity contribution in [3.05, 3.63) is 88.3 Å². The first-order valence-corrected chi connectivity index (χ1v) is 10.4. The monoisotopic (exact) mass is 477 g/mol. The van der Waals surface area contributed by atoms with Gasteiger partial charge in [0.05, 0.1) is 20.8 Å². The van der Waals surface area contributed by atoms with Crippen molar-refractivity contribution in [3.8, 4) is 6.07 Å². The maximum Gasteiger partial charge on any atom is 0.339 e. The van der Waals surface area contributed by atoms with E-state index >= 15 is 0 Å². The van der Waals surface area contributed by atoms with Crippen molar-refractivity contribution in [2.75, 3.05) is 19.1 Å². The Morgan fingerprint density at radius 2 is 1.83 bits per heavy atom. The van der Waals surface area contributed by atoms with Crippen LogP contribution < -0.4 is 10.6 Å². The van der Waals surface area contributed by atoms with Gasteiger partial charge in [0.2, 0.25) is 11.8 Å².